The van der Waals surface area contributed by atoms with Crippen molar-refractivity contribution in [3.05, 3.63) is 45.4 Å². The Bertz CT molecular complexity index is 575. The first-order valence-electron chi connectivity index (χ1n) is 5.62. The summed E-state index contributed by atoms with van der Waals surface area (Å²) in [4.78, 5) is 5.88. The van der Waals surface area contributed by atoms with Crippen molar-refractivity contribution in [2.75, 3.05) is 5.32 Å². The highest BCUT2D eigenvalue weighted by Gasteiger charge is 2.08. The van der Waals surface area contributed by atoms with Crippen molar-refractivity contribution >= 4 is 34.2 Å². The van der Waals surface area contributed by atoms with Gasteiger partial charge in [0.1, 0.15) is 4.99 Å². The number of nitrogens with one attached hydrogen (secondary N) is 1. The van der Waals surface area contributed by atoms with Crippen molar-refractivity contribution in [1.82, 2.24) is 4.98 Å². The molecule has 0 aliphatic rings. The molecule has 0 amide bonds. The maximum atomic E-state index is 5.74. The molecule has 0 aliphatic heterocycles. The van der Waals surface area contributed by atoms with Crippen LogP contribution in [0.1, 0.15) is 21.7 Å². The van der Waals surface area contributed by atoms with Crippen LogP contribution in [0.2, 0.25) is 0 Å². The van der Waals surface area contributed by atoms with Crippen molar-refractivity contribution in [2.45, 2.75) is 20.4 Å². The maximum Gasteiger partial charge on any atom is 0.106 e. The Morgan fingerprint density at radius 3 is 2.83 bits per heavy atom. The van der Waals surface area contributed by atoms with Gasteiger partial charge in [-0.15, -0.1) is 11.3 Å². The average Bonchev–Trinajstić information content (AvgIpc) is 2.73. The third-order valence-electron chi connectivity index (χ3n) is 2.81. The highest BCUT2D eigenvalue weighted by atomic mass is 32.1. The van der Waals surface area contributed by atoms with Gasteiger partial charge in [0.2, 0.25) is 0 Å². The van der Waals surface area contributed by atoms with E-state index in [1.54, 1.807) is 11.3 Å². The van der Waals surface area contributed by atoms with E-state index in [0.29, 0.717) is 4.99 Å². The number of anilines is 1. The number of aryl methyl sites for hydroxylation is 2. The number of hydrogen-bond acceptors (Lipinski definition) is 4. The van der Waals surface area contributed by atoms with Gasteiger partial charge in [0.25, 0.3) is 0 Å². The van der Waals surface area contributed by atoms with Crippen LogP contribution in [0.15, 0.2) is 23.7 Å². The number of thiocarbonyl (C=S) groups is 1. The highest BCUT2D eigenvalue weighted by Crippen LogP contribution is 2.22. The molecule has 0 saturated carbocycles. The summed E-state index contributed by atoms with van der Waals surface area (Å²) in [6, 6.07) is 5.95. The molecule has 3 nitrogen and oxygen atoms in total. The van der Waals surface area contributed by atoms with Crippen LogP contribution in [0.5, 0.6) is 0 Å². The molecule has 0 saturated heterocycles. The van der Waals surface area contributed by atoms with E-state index in [4.69, 9.17) is 18.0 Å². The van der Waals surface area contributed by atoms with Gasteiger partial charge in [0.05, 0.1) is 17.7 Å². The van der Waals surface area contributed by atoms with Gasteiger partial charge < -0.3 is 11.1 Å². The fourth-order valence-corrected chi connectivity index (χ4v) is 2.66. The Balaban J connectivity index is 2.24. The summed E-state index contributed by atoms with van der Waals surface area (Å²) in [5, 5.41) is 3.41. The van der Waals surface area contributed by atoms with Gasteiger partial charge in [0.15, 0.2) is 0 Å². The number of aromatic nitrogens is 1. The zero-order valence-electron chi connectivity index (χ0n) is 10.4. The van der Waals surface area contributed by atoms with Crippen LogP contribution in [0, 0.1) is 13.8 Å². The molecule has 0 atom stereocenters. The summed E-state index contributed by atoms with van der Waals surface area (Å²) in [6.45, 7) is 4.81. The molecule has 2 rings (SSSR count). The quantitative estimate of drug-likeness (QED) is 0.844. The summed E-state index contributed by atoms with van der Waals surface area (Å²) in [7, 11) is 0. The number of para-hydroxylation sites is 1. The first-order valence-corrected chi connectivity index (χ1v) is 6.90. The zero-order valence-corrected chi connectivity index (χ0v) is 12.0. The minimum atomic E-state index is 0.419. The highest BCUT2D eigenvalue weighted by molar-refractivity contribution is 7.80. The molecule has 1 aromatic heterocycles. The molecule has 0 fully saturated rings. The standard InChI is InChI=1S/C13H15N3S2/c1-8-4-3-5-10(13(14)17)12(8)15-6-11-9(2)16-7-18-11/h3-5,7,15H,6H2,1-2H3,(H2,14,17). The third kappa shape index (κ3) is 2.68. The number of hydrogen-bond donors (Lipinski definition) is 2. The molecule has 2 aromatic rings. The topological polar surface area (TPSA) is 50.9 Å². The predicted octanol–water partition coefficient (Wildman–Crippen LogP) is 3.01. The molecule has 0 radical (unpaired) electrons. The van der Waals surface area contributed by atoms with Gasteiger partial charge in [-0.2, -0.15) is 0 Å². The molecular weight excluding hydrogens is 262 g/mol. The number of rotatable bonds is 4. The lowest BCUT2D eigenvalue weighted by molar-refractivity contribution is 1.11. The van der Waals surface area contributed by atoms with Crippen molar-refractivity contribution in [3.8, 4) is 0 Å². The maximum absolute atomic E-state index is 5.74. The van der Waals surface area contributed by atoms with E-state index in [9.17, 15) is 0 Å². The summed E-state index contributed by atoms with van der Waals surface area (Å²) >= 11 is 6.73. The van der Waals surface area contributed by atoms with E-state index in [2.05, 4.69) is 10.3 Å². The molecule has 1 heterocycles. The van der Waals surface area contributed by atoms with E-state index in [-0.39, 0.29) is 0 Å². The largest absolute Gasteiger partial charge is 0.389 e. The second kappa shape index (κ2) is 5.46. The normalized spacial score (nSPS) is 10.3. The van der Waals surface area contributed by atoms with E-state index >= 15 is 0 Å². The zero-order chi connectivity index (χ0) is 13.1. The lowest BCUT2D eigenvalue weighted by Gasteiger charge is -2.13. The molecule has 94 valence electrons. The lowest BCUT2D eigenvalue weighted by Crippen LogP contribution is -2.14. The molecule has 0 bridgehead atoms. The van der Waals surface area contributed by atoms with Crippen LogP contribution in [0.4, 0.5) is 5.69 Å². The Morgan fingerprint density at radius 1 is 1.44 bits per heavy atom. The van der Waals surface area contributed by atoms with E-state index in [1.165, 1.54) is 4.88 Å². The van der Waals surface area contributed by atoms with Crippen molar-refractivity contribution in [1.29, 1.82) is 0 Å². The minimum absolute atomic E-state index is 0.419. The van der Waals surface area contributed by atoms with Gasteiger partial charge in [-0.1, -0.05) is 24.4 Å². The molecule has 3 N–H and O–H groups in total. The fraction of sp³-hybridized carbons (Fsp3) is 0.231. The first kappa shape index (κ1) is 13.0. The summed E-state index contributed by atoms with van der Waals surface area (Å²) in [6.07, 6.45) is 0. The second-order valence-corrected chi connectivity index (χ2v) is 5.46. The van der Waals surface area contributed by atoms with E-state index in [1.807, 2.05) is 37.6 Å². The number of thiazole rings is 1. The van der Waals surface area contributed by atoms with Gasteiger partial charge in [-0.3, -0.25) is 0 Å². The van der Waals surface area contributed by atoms with Crippen molar-refractivity contribution in [2.24, 2.45) is 5.73 Å². The monoisotopic (exact) mass is 277 g/mol. The predicted molar refractivity (Wildman–Crippen MR) is 81.2 cm³/mol. The van der Waals surface area contributed by atoms with Crippen molar-refractivity contribution < 1.29 is 0 Å². The van der Waals surface area contributed by atoms with Crippen LogP contribution in [-0.2, 0) is 6.54 Å². The van der Waals surface area contributed by atoms with Gasteiger partial charge in [-0.05, 0) is 25.5 Å². The minimum Gasteiger partial charge on any atom is -0.389 e. The number of benzene rings is 1. The Hall–Kier alpha value is -1.46. The molecule has 1 aromatic carbocycles. The summed E-state index contributed by atoms with van der Waals surface area (Å²) in [5.74, 6) is 0. The SMILES string of the molecule is Cc1cccc(C(N)=S)c1NCc1scnc1C. The molecule has 18 heavy (non-hydrogen) atoms. The van der Waals surface area contributed by atoms with Gasteiger partial charge in [-0.25, -0.2) is 4.98 Å². The number of nitrogens with two attached hydrogens (primary N) is 1. The summed E-state index contributed by atoms with van der Waals surface area (Å²) in [5.41, 5.74) is 11.7. The smallest absolute Gasteiger partial charge is 0.106 e. The Morgan fingerprint density at radius 2 is 2.22 bits per heavy atom. The average molecular weight is 277 g/mol. The molecular formula is C13H15N3S2. The molecule has 0 aliphatic carbocycles. The fourth-order valence-electron chi connectivity index (χ4n) is 1.77. The van der Waals surface area contributed by atoms with Crippen molar-refractivity contribution in [3.63, 3.8) is 0 Å². The Kier molecular flexibility index (Phi) is 3.93. The number of nitrogens with zero attached hydrogens (tertiary/aromatic N) is 1. The van der Waals surface area contributed by atoms with Gasteiger partial charge >= 0.3 is 0 Å². The molecule has 5 heteroatoms. The first-order chi connectivity index (χ1) is 8.59. The molecule has 0 spiro atoms. The third-order valence-corrected chi connectivity index (χ3v) is 3.96. The van der Waals surface area contributed by atoms with Crippen LogP contribution >= 0.6 is 23.6 Å². The van der Waals surface area contributed by atoms with Crippen LogP contribution in [0.3, 0.4) is 0 Å². The van der Waals surface area contributed by atoms with Gasteiger partial charge in [0, 0.05) is 16.1 Å². The molecule has 0 unspecified atom stereocenters. The van der Waals surface area contributed by atoms with Crippen LogP contribution < -0.4 is 11.1 Å². The summed E-state index contributed by atoms with van der Waals surface area (Å²) < 4.78 is 0. The lowest BCUT2D eigenvalue weighted by atomic mass is 10.1. The van der Waals surface area contributed by atoms with E-state index in [0.717, 1.165) is 29.1 Å². The van der Waals surface area contributed by atoms with Crippen LogP contribution in [-0.4, -0.2) is 9.97 Å². The van der Waals surface area contributed by atoms with Crippen LogP contribution in [0.25, 0.3) is 0 Å². The second-order valence-electron chi connectivity index (χ2n) is 4.08. The Labute approximate surface area is 116 Å². The van der Waals surface area contributed by atoms with E-state index < -0.39 is 0 Å².